The Morgan fingerprint density at radius 3 is 3.25 bits per heavy atom. The molecule has 2 rings (SSSR count). The molecule has 0 saturated heterocycles. The van der Waals surface area contributed by atoms with Gasteiger partial charge in [0.25, 0.3) is 0 Å². The first-order valence-corrected chi connectivity index (χ1v) is 5.98. The van der Waals surface area contributed by atoms with Gasteiger partial charge in [-0.25, -0.2) is 4.98 Å². The second-order valence-electron chi connectivity index (χ2n) is 4.46. The van der Waals surface area contributed by atoms with Crippen LogP contribution in [0.2, 0.25) is 0 Å². The molecule has 0 radical (unpaired) electrons. The molecule has 0 fully saturated rings. The van der Waals surface area contributed by atoms with Crippen LogP contribution in [0.3, 0.4) is 0 Å². The Kier molecular flexibility index (Phi) is 3.96. The van der Waals surface area contributed by atoms with Crippen LogP contribution >= 0.6 is 0 Å². The van der Waals surface area contributed by atoms with E-state index in [1.165, 1.54) is 5.69 Å². The molecule has 0 aromatic carbocycles. The predicted molar refractivity (Wildman–Crippen MR) is 61.3 cm³/mol. The van der Waals surface area contributed by atoms with Crippen molar-refractivity contribution < 1.29 is 9.84 Å². The Balaban J connectivity index is 2.01. The number of aromatic nitrogens is 2. The van der Waals surface area contributed by atoms with Crippen LogP contribution in [0.1, 0.15) is 24.4 Å². The maximum absolute atomic E-state index is 9.21. The van der Waals surface area contributed by atoms with Crippen LogP contribution in [0, 0.1) is 5.92 Å². The van der Waals surface area contributed by atoms with Gasteiger partial charge < -0.3 is 14.4 Å². The zero-order valence-corrected chi connectivity index (χ0v) is 9.85. The molecular formula is C12H20N2O2. The van der Waals surface area contributed by atoms with Crippen LogP contribution in [0.25, 0.3) is 0 Å². The third kappa shape index (κ3) is 2.44. The molecule has 1 aliphatic heterocycles. The Bertz CT molecular complexity index is 336. The summed E-state index contributed by atoms with van der Waals surface area (Å²) in [6.07, 6.45) is 6.08. The van der Waals surface area contributed by atoms with Gasteiger partial charge in [-0.15, -0.1) is 0 Å². The van der Waals surface area contributed by atoms with Crippen LogP contribution in [0.5, 0.6) is 0 Å². The van der Waals surface area contributed by atoms with Gasteiger partial charge in [-0.3, -0.25) is 0 Å². The largest absolute Gasteiger partial charge is 0.396 e. The molecular weight excluding hydrogens is 204 g/mol. The number of nitrogens with zero attached hydrogens (tertiary/aromatic N) is 2. The van der Waals surface area contributed by atoms with Crippen molar-refractivity contribution in [1.82, 2.24) is 9.55 Å². The van der Waals surface area contributed by atoms with E-state index in [-0.39, 0.29) is 6.61 Å². The first kappa shape index (κ1) is 11.6. The molecule has 1 aromatic heterocycles. The third-order valence-electron chi connectivity index (χ3n) is 3.28. The van der Waals surface area contributed by atoms with E-state index in [1.807, 2.05) is 6.20 Å². The third-order valence-corrected chi connectivity index (χ3v) is 3.28. The second kappa shape index (κ2) is 5.46. The summed E-state index contributed by atoms with van der Waals surface area (Å²) in [6, 6.07) is 0. The summed E-state index contributed by atoms with van der Waals surface area (Å²) in [4.78, 5) is 4.46. The summed E-state index contributed by atoms with van der Waals surface area (Å²) in [7, 11) is 1.73. The Morgan fingerprint density at radius 1 is 1.62 bits per heavy atom. The molecule has 1 aliphatic rings. The highest BCUT2D eigenvalue weighted by atomic mass is 16.5. The summed E-state index contributed by atoms with van der Waals surface area (Å²) < 4.78 is 7.33. The number of aryl methyl sites for hydroxylation is 2. The first-order chi connectivity index (χ1) is 7.85. The van der Waals surface area contributed by atoms with Gasteiger partial charge in [0, 0.05) is 51.1 Å². The monoisotopic (exact) mass is 224 g/mol. The van der Waals surface area contributed by atoms with Crippen molar-refractivity contribution in [3.8, 4) is 0 Å². The van der Waals surface area contributed by atoms with Crippen molar-refractivity contribution in [1.29, 1.82) is 0 Å². The number of imidazole rings is 1. The molecule has 0 amide bonds. The van der Waals surface area contributed by atoms with E-state index in [1.54, 1.807) is 7.11 Å². The molecule has 1 N–H and O–H groups in total. The van der Waals surface area contributed by atoms with E-state index in [2.05, 4.69) is 9.55 Å². The fourth-order valence-corrected chi connectivity index (χ4v) is 2.30. The first-order valence-electron chi connectivity index (χ1n) is 5.98. The lowest BCUT2D eigenvalue weighted by Gasteiger charge is -2.23. The predicted octanol–water partition coefficient (Wildman–Crippen LogP) is 1.02. The molecule has 2 heterocycles. The van der Waals surface area contributed by atoms with E-state index in [4.69, 9.17) is 4.74 Å². The molecule has 0 saturated carbocycles. The number of hydrogen-bond donors (Lipinski definition) is 1. The van der Waals surface area contributed by atoms with Crippen LogP contribution in [0.4, 0.5) is 0 Å². The Morgan fingerprint density at radius 2 is 2.50 bits per heavy atom. The minimum atomic E-state index is 0.287. The number of rotatable bonds is 5. The maximum atomic E-state index is 9.21. The van der Waals surface area contributed by atoms with Gasteiger partial charge in [0.05, 0.1) is 0 Å². The molecule has 16 heavy (non-hydrogen) atoms. The van der Waals surface area contributed by atoms with Gasteiger partial charge in [0.15, 0.2) is 0 Å². The van der Waals surface area contributed by atoms with Crippen LogP contribution in [-0.4, -0.2) is 35.0 Å². The van der Waals surface area contributed by atoms with E-state index in [9.17, 15) is 5.11 Å². The molecule has 1 unspecified atom stereocenters. The van der Waals surface area contributed by atoms with Gasteiger partial charge >= 0.3 is 0 Å². The van der Waals surface area contributed by atoms with Crippen LogP contribution in [0.15, 0.2) is 6.20 Å². The zero-order chi connectivity index (χ0) is 11.4. The zero-order valence-electron chi connectivity index (χ0n) is 9.85. The number of fused-ring (bicyclic) bond motifs is 1. The van der Waals surface area contributed by atoms with Crippen molar-refractivity contribution >= 4 is 0 Å². The molecule has 0 spiro atoms. The Labute approximate surface area is 96.3 Å². The molecule has 1 aromatic rings. The average molecular weight is 224 g/mol. The number of ether oxygens (including phenoxy) is 1. The number of aliphatic hydroxyl groups excluding tert-OH is 1. The molecule has 1 atom stereocenters. The summed E-state index contributed by atoms with van der Waals surface area (Å²) in [5.41, 5.74) is 1.32. The summed E-state index contributed by atoms with van der Waals surface area (Å²) in [6.45, 7) is 1.99. The van der Waals surface area contributed by atoms with Gasteiger partial charge in [0.2, 0.25) is 0 Å². The van der Waals surface area contributed by atoms with Crippen LogP contribution < -0.4 is 0 Å². The average Bonchev–Trinajstić information content (AvgIpc) is 2.72. The summed E-state index contributed by atoms with van der Waals surface area (Å²) in [5.74, 6) is 1.55. The highest BCUT2D eigenvalue weighted by molar-refractivity contribution is 5.09. The highest BCUT2D eigenvalue weighted by Crippen LogP contribution is 2.21. The van der Waals surface area contributed by atoms with Crippen molar-refractivity contribution in [3.05, 3.63) is 17.7 Å². The standard InChI is InChI=1S/C12H20N2O2/c1-16-6-2-3-12-13-7-11-5-4-10(9-15)8-14(11)12/h7,10,15H,2-6,8-9H2,1H3. The number of methoxy groups -OCH3 is 1. The second-order valence-corrected chi connectivity index (χ2v) is 4.46. The van der Waals surface area contributed by atoms with Gasteiger partial charge in [0.1, 0.15) is 5.82 Å². The summed E-state index contributed by atoms with van der Waals surface area (Å²) >= 11 is 0. The van der Waals surface area contributed by atoms with Gasteiger partial charge in [-0.1, -0.05) is 0 Å². The number of aliphatic hydroxyl groups is 1. The molecule has 0 bridgehead atoms. The van der Waals surface area contributed by atoms with E-state index >= 15 is 0 Å². The normalized spacial score (nSPS) is 19.8. The minimum Gasteiger partial charge on any atom is -0.396 e. The van der Waals surface area contributed by atoms with Gasteiger partial charge in [-0.2, -0.15) is 0 Å². The molecule has 4 nitrogen and oxygen atoms in total. The fraction of sp³-hybridized carbons (Fsp3) is 0.750. The minimum absolute atomic E-state index is 0.287. The lowest BCUT2D eigenvalue weighted by atomic mass is 9.99. The Hall–Kier alpha value is -0.870. The van der Waals surface area contributed by atoms with Crippen molar-refractivity contribution in [2.75, 3.05) is 20.3 Å². The van der Waals surface area contributed by atoms with Gasteiger partial charge in [-0.05, 0) is 19.3 Å². The highest BCUT2D eigenvalue weighted by Gasteiger charge is 2.20. The van der Waals surface area contributed by atoms with Crippen molar-refractivity contribution in [3.63, 3.8) is 0 Å². The summed E-state index contributed by atoms with van der Waals surface area (Å²) in [5, 5.41) is 9.21. The van der Waals surface area contributed by atoms with E-state index in [0.717, 1.165) is 44.7 Å². The number of hydrogen-bond acceptors (Lipinski definition) is 3. The smallest absolute Gasteiger partial charge is 0.108 e. The molecule has 90 valence electrons. The molecule has 4 heteroatoms. The quantitative estimate of drug-likeness (QED) is 0.759. The fourth-order valence-electron chi connectivity index (χ4n) is 2.30. The van der Waals surface area contributed by atoms with Crippen molar-refractivity contribution in [2.24, 2.45) is 5.92 Å². The van der Waals surface area contributed by atoms with Crippen molar-refractivity contribution in [2.45, 2.75) is 32.2 Å². The lowest BCUT2D eigenvalue weighted by molar-refractivity contribution is 0.186. The molecule has 0 aliphatic carbocycles. The van der Waals surface area contributed by atoms with E-state index < -0.39 is 0 Å². The van der Waals surface area contributed by atoms with Crippen LogP contribution in [-0.2, 0) is 24.1 Å². The topological polar surface area (TPSA) is 47.3 Å². The maximum Gasteiger partial charge on any atom is 0.108 e. The SMILES string of the molecule is COCCCc1ncc2n1CC(CO)CC2. The lowest BCUT2D eigenvalue weighted by Crippen LogP contribution is -2.24. The van der Waals surface area contributed by atoms with E-state index in [0.29, 0.717) is 5.92 Å².